The number of rotatable bonds is 3. The molecule has 0 saturated heterocycles. The van der Waals surface area contributed by atoms with E-state index >= 15 is 0 Å². The molecule has 1 heterocycles. The Labute approximate surface area is 94.1 Å². The van der Waals surface area contributed by atoms with E-state index in [4.69, 9.17) is 14.9 Å². The first-order chi connectivity index (χ1) is 7.65. The van der Waals surface area contributed by atoms with Crippen molar-refractivity contribution in [3.05, 3.63) is 30.5 Å². The van der Waals surface area contributed by atoms with Crippen molar-refractivity contribution in [3.8, 4) is 17.0 Å². The Bertz CT molecular complexity index is 460. The monoisotopic (exact) mass is 218 g/mol. The van der Waals surface area contributed by atoms with Gasteiger partial charge in [0.15, 0.2) is 0 Å². The van der Waals surface area contributed by atoms with Crippen LogP contribution in [0.25, 0.3) is 11.3 Å². The SMILES string of the molecule is CC(C)Oc1ccc(-c2coc(N)n2)cc1. The summed E-state index contributed by atoms with van der Waals surface area (Å²) in [4.78, 5) is 4.04. The second-order valence-electron chi connectivity index (χ2n) is 3.76. The fourth-order valence-corrected chi connectivity index (χ4v) is 1.40. The van der Waals surface area contributed by atoms with E-state index < -0.39 is 0 Å². The van der Waals surface area contributed by atoms with Crippen LogP contribution < -0.4 is 10.5 Å². The molecule has 0 unspecified atom stereocenters. The minimum absolute atomic E-state index is 0.175. The molecule has 0 radical (unpaired) electrons. The minimum Gasteiger partial charge on any atom is -0.491 e. The first-order valence-corrected chi connectivity index (χ1v) is 5.13. The molecule has 0 aliphatic rings. The number of aromatic nitrogens is 1. The molecule has 0 bridgehead atoms. The van der Waals surface area contributed by atoms with Crippen LogP contribution in [0.3, 0.4) is 0 Å². The standard InChI is InChI=1S/C12H14N2O2/c1-8(2)16-10-5-3-9(4-6-10)11-7-15-12(13)14-11/h3-8H,1-2H3,(H2,13,14). The van der Waals surface area contributed by atoms with Crippen molar-refractivity contribution in [1.29, 1.82) is 0 Å². The molecule has 0 fully saturated rings. The summed E-state index contributed by atoms with van der Waals surface area (Å²) in [5, 5.41) is 0. The highest BCUT2D eigenvalue weighted by Gasteiger charge is 2.04. The van der Waals surface area contributed by atoms with Gasteiger partial charge in [-0.1, -0.05) is 0 Å². The maximum atomic E-state index is 5.54. The number of nitrogens with two attached hydrogens (primary N) is 1. The number of nitrogens with zero attached hydrogens (tertiary/aromatic N) is 1. The van der Waals surface area contributed by atoms with Crippen LogP contribution in [0.2, 0.25) is 0 Å². The maximum absolute atomic E-state index is 5.54. The molecule has 1 aromatic heterocycles. The predicted octanol–water partition coefficient (Wildman–Crippen LogP) is 2.71. The Balaban J connectivity index is 2.19. The Morgan fingerprint density at radius 1 is 1.25 bits per heavy atom. The van der Waals surface area contributed by atoms with E-state index in [-0.39, 0.29) is 12.1 Å². The largest absolute Gasteiger partial charge is 0.491 e. The van der Waals surface area contributed by atoms with Gasteiger partial charge in [-0.15, -0.1) is 0 Å². The van der Waals surface area contributed by atoms with Crippen molar-refractivity contribution in [2.75, 3.05) is 5.73 Å². The van der Waals surface area contributed by atoms with Crippen LogP contribution in [-0.4, -0.2) is 11.1 Å². The number of anilines is 1. The summed E-state index contributed by atoms with van der Waals surface area (Å²) >= 11 is 0. The molecule has 4 heteroatoms. The van der Waals surface area contributed by atoms with Crippen LogP contribution in [-0.2, 0) is 0 Å². The van der Waals surface area contributed by atoms with Gasteiger partial charge in [0.25, 0.3) is 6.01 Å². The highest BCUT2D eigenvalue weighted by molar-refractivity contribution is 5.59. The van der Waals surface area contributed by atoms with Crippen molar-refractivity contribution in [2.45, 2.75) is 20.0 Å². The van der Waals surface area contributed by atoms with E-state index in [1.54, 1.807) is 0 Å². The summed E-state index contributed by atoms with van der Waals surface area (Å²) in [7, 11) is 0. The lowest BCUT2D eigenvalue weighted by atomic mass is 10.2. The van der Waals surface area contributed by atoms with Gasteiger partial charge in [0, 0.05) is 5.56 Å². The molecule has 0 spiro atoms. The average Bonchev–Trinajstić information content (AvgIpc) is 2.65. The zero-order chi connectivity index (χ0) is 11.5. The maximum Gasteiger partial charge on any atom is 0.292 e. The summed E-state index contributed by atoms with van der Waals surface area (Å²) in [5.74, 6) is 0.843. The number of ether oxygens (including phenoxy) is 1. The zero-order valence-corrected chi connectivity index (χ0v) is 9.31. The molecule has 0 amide bonds. The van der Waals surface area contributed by atoms with E-state index in [0.717, 1.165) is 17.0 Å². The number of oxazole rings is 1. The number of hydrogen-bond donors (Lipinski definition) is 1. The third-order valence-electron chi connectivity index (χ3n) is 2.04. The van der Waals surface area contributed by atoms with Gasteiger partial charge in [0.1, 0.15) is 17.7 Å². The van der Waals surface area contributed by atoms with Gasteiger partial charge < -0.3 is 14.9 Å². The Morgan fingerprint density at radius 3 is 2.44 bits per heavy atom. The fraction of sp³-hybridized carbons (Fsp3) is 0.250. The van der Waals surface area contributed by atoms with Crippen LogP contribution >= 0.6 is 0 Å². The number of benzene rings is 1. The highest BCUT2D eigenvalue weighted by atomic mass is 16.5. The van der Waals surface area contributed by atoms with Crippen LogP contribution in [0.5, 0.6) is 5.75 Å². The van der Waals surface area contributed by atoms with Crippen LogP contribution in [0.1, 0.15) is 13.8 Å². The lowest BCUT2D eigenvalue weighted by Gasteiger charge is -2.09. The van der Waals surface area contributed by atoms with Gasteiger partial charge in [0.05, 0.1) is 6.10 Å². The fourth-order valence-electron chi connectivity index (χ4n) is 1.40. The molecule has 4 nitrogen and oxygen atoms in total. The van der Waals surface area contributed by atoms with E-state index in [2.05, 4.69) is 4.98 Å². The van der Waals surface area contributed by atoms with Gasteiger partial charge in [-0.3, -0.25) is 0 Å². The van der Waals surface area contributed by atoms with Crippen molar-refractivity contribution in [2.24, 2.45) is 0 Å². The molecule has 84 valence electrons. The number of hydrogen-bond acceptors (Lipinski definition) is 4. The minimum atomic E-state index is 0.175. The Morgan fingerprint density at radius 2 is 1.94 bits per heavy atom. The molecule has 16 heavy (non-hydrogen) atoms. The van der Waals surface area contributed by atoms with E-state index in [1.807, 2.05) is 38.1 Å². The zero-order valence-electron chi connectivity index (χ0n) is 9.31. The molecule has 2 aromatic rings. The normalized spacial score (nSPS) is 10.7. The summed E-state index contributed by atoms with van der Waals surface area (Å²) in [6, 6.07) is 7.84. The lowest BCUT2D eigenvalue weighted by Crippen LogP contribution is -2.05. The summed E-state index contributed by atoms with van der Waals surface area (Å²) in [6.45, 7) is 3.98. The topological polar surface area (TPSA) is 61.3 Å². The second-order valence-corrected chi connectivity index (χ2v) is 3.76. The summed E-state index contributed by atoms with van der Waals surface area (Å²) < 4.78 is 10.5. The van der Waals surface area contributed by atoms with Gasteiger partial charge in [-0.2, -0.15) is 4.98 Å². The summed E-state index contributed by atoms with van der Waals surface area (Å²) in [5.41, 5.74) is 7.09. The Kier molecular flexibility index (Phi) is 2.81. The van der Waals surface area contributed by atoms with Crippen molar-refractivity contribution in [1.82, 2.24) is 4.98 Å². The number of nitrogen functional groups attached to an aromatic ring is 1. The molecule has 0 saturated carbocycles. The van der Waals surface area contributed by atoms with Crippen molar-refractivity contribution >= 4 is 6.01 Å². The lowest BCUT2D eigenvalue weighted by molar-refractivity contribution is 0.242. The van der Waals surface area contributed by atoms with Gasteiger partial charge in [0.2, 0.25) is 0 Å². The van der Waals surface area contributed by atoms with Gasteiger partial charge in [-0.25, -0.2) is 0 Å². The van der Waals surface area contributed by atoms with Crippen LogP contribution in [0.4, 0.5) is 6.01 Å². The third-order valence-corrected chi connectivity index (χ3v) is 2.04. The molecular weight excluding hydrogens is 204 g/mol. The van der Waals surface area contributed by atoms with Gasteiger partial charge >= 0.3 is 0 Å². The van der Waals surface area contributed by atoms with E-state index in [9.17, 15) is 0 Å². The Hall–Kier alpha value is -1.97. The quantitative estimate of drug-likeness (QED) is 0.860. The molecule has 0 aliphatic heterocycles. The smallest absolute Gasteiger partial charge is 0.292 e. The van der Waals surface area contributed by atoms with E-state index in [0.29, 0.717) is 0 Å². The highest BCUT2D eigenvalue weighted by Crippen LogP contribution is 2.22. The second kappa shape index (κ2) is 4.26. The van der Waals surface area contributed by atoms with Crippen molar-refractivity contribution in [3.63, 3.8) is 0 Å². The molecular formula is C12H14N2O2. The van der Waals surface area contributed by atoms with Gasteiger partial charge in [-0.05, 0) is 38.1 Å². The van der Waals surface area contributed by atoms with Crippen LogP contribution in [0.15, 0.2) is 34.9 Å². The summed E-state index contributed by atoms with van der Waals surface area (Å²) in [6.07, 6.45) is 1.71. The van der Waals surface area contributed by atoms with E-state index in [1.165, 1.54) is 6.26 Å². The molecule has 2 N–H and O–H groups in total. The van der Waals surface area contributed by atoms with Crippen molar-refractivity contribution < 1.29 is 9.15 Å². The third kappa shape index (κ3) is 2.34. The van der Waals surface area contributed by atoms with Crippen LogP contribution in [0, 0.1) is 0 Å². The predicted molar refractivity (Wildman–Crippen MR) is 62.1 cm³/mol. The molecule has 1 aromatic carbocycles. The molecule has 2 rings (SSSR count). The molecule has 0 atom stereocenters. The first-order valence-electron chi connectivity index (χ1n) is 5.13. The molecule has 0 aliphatic carbocycles. The average molecular weight is 218 g/mol. The first kappa shape index (κ1) is 10.5.